The van der Waals surface area contributed by atoms with Crippen molar-refractivity contribution in [1.29, 1.82) is 0 Å². The number of nitrogens with one attached hydrogen (secondary N) is 1. The van der Waals surface area contributed by atoms with Gasteiger partial charge in [-0.2, -0.15) is 0 Å². The zero-order chi connectivity index (χ0) is 14.7. The summed E-state index contributed by atoms with van der Waals surface area (Å²) in [6, 6.07) is 7.34. The molecule has 3 rings (SSSR count). The monoisotopic (exact) mass is 288 g/mol. The van der Waals surface area contributed by atoms with Gasteiger partial charge in [-0.05, 0) is 41.8 Å². The summed E-state index contributed by atoms with van der Waals surface area (Å²) >= 11 is 0. The summed E-state index contributed by atoms with van der Waals surface area (Å²) in [5.41, 5.74) is 1.96. The summed E-state index contributed by atoms with van der Waals surface area (Å²) in [6.45, 7) is 0.279. The molecule has 110 valence electrons. The predicted octanol–water partition coefficient (Wildman–Crippen LogP) is 2.54. The molecule has 1 aromatic carbocycles. The Morgan fingerprint density at radius 2 is 2.24 bits per heavy atom. The first kappa shape index (κ1) is 13.5. The van der Waals surface area contributed by atoms with E-state index in [0.717, 1.165) is 29.8 Å². The summed E-state index contributed by atoms with van der Waals surface area (Å²) < 4.78 is 15.7. The minimum atomic E-state index is 0.0659. The van der Waals surface area contributed by atoms with Crippen LogP contribution in [0.1, 0.15) is 24.2 Å². The third-order valence-corrected chi connectivity index (χ3v) is 3.33. The molecule has 21 heavy (non-hydrogen) atoms. The van der Waals surface area contributed by atoms with Crippen LogP contribution in [0.15, 0.2) is 28.8 Å². The average Bonchev–Trinajstić information content (AvgIpc) is 2.87. The number of fused-ring (bicyclic) bond motifs is 1. The molecule has 1 aromatic heterocycles. The van der Waals surface area contributed by atoms with E-state index in [4.69, 9.17) is 14.0 Å². The van der Waals surface area contributed by atoms with Crippen LogP contribution >= 0.6 is 0 Å². The Balaban J connectivity index is 1.69. The number of ether oxygens (including phenoxy) is 2. The van der Waals surface area contributed by atoms with E-state index in [2.05, 4.69) is 10.5 Å². The van der Waals surface area contributed by atoms with Gasteiger partial charge in [-0.15, -0.1) is 0 Å². The van der Waals surface area contributed by atoms with Crippen LogP contribution in [0, 0.1) is 0 Å². The first-order valence-corrected chi connectivity index (χ1v) is 6.80. The van der Waals surface area contributed by atoms with E-state index < -0.39 is 0 Å². The molecule has 0 unspecified atom stereocenters. The lowest BCUT2D eigenvalue weighted by molar-refractivity contribution is -0.116. The number of benzene rings is 1. The van der Waals surface area contributed by atoms with Crippen molar-refractivity contribution >= 4 is 11.6 Å². The molecule has 2 heterocycles. The lowest BCUT2D eigenvalue weighted by atomic mass is 10.1. The van der Waals surface area contributed by atoms with Gasteiger partial charge in [-0.3, -0.25) is 4.79 Å². The summed E-state index contributed by atoms with van der Waals surface area (Å²) in [5, 5.41) is 6.61. The van der Waals surface area contributed by atoms with Gasteiger partial charge in [0, 0.05) is 18.2 Å². The molecule has 0 atom stereocenters. The standard InChI is InChI=1S/C15H16N2O4/c1-19-15-8-12(21-17-15)9-20-11-5-6-13-10(7-11)3-2-4-14(18)16-13/h5-8H,2-4,9H2,1H3,(H,16,18). The molecule has 6 heteroatoms. The highest BCUT2D eigenvalue weighted by molar-refractivity contribution is 5.92. The van der Waals surface area contributed by atoms with E-state index in [1.807, 2.05) is 18.2 Å². The van der Waals surface area contributed by atoms with Crippen LogP contribution < -0.4 is 14.8 Å². The number of carbonyl (C=O) groups excluding carboxylic acids is 1. The number of nitrogens with zero attached hydrogens (tertiary/aromatic N) is 1. The third-order valence-electron chi connectivity index (χ3n) is 3.33. The van der Waals surface area contributed by atoms with Crippen molar-refractivity contribution in [2.24, 2.45) is 0 Å². The molecule has 6 nitrogen and oxygen atoms in total. The quantitative estimate of drug-likeness (QED) is 0.935. The Labute approximate surface area is 122 Å². The van der Waals surface area contributed by atoms with E-state index >= 15 is 0 Å². The van der Waals surface area contributed by atoms with Gasteiger partial charge in [0.25, 0.3) is 5.88 Å². The van der Waals surface area contributed by atoms with Gasteiger partial charge in [-0.25, -0.2) is 0 Å². The first-order valence-electron chi connectivity index (χ1n) is 6.80. The molecular formula is C15H16N2O4. The molecule has 1 aliphatic heterocycles. The Bertz CT molecular complexity index is 651. The lowest BCUT2D eigenvalue weighted by Crippen LogP contribution is -2.09. The molecule has 1 amide bonds. The van der Waals surface area contributed by atoms with Gasteiger partial charge in [-0.1, -0.05) is 0 Å². The summed E-state index contributed by atoms with van der Waals surface area (Å²) in [4.78, 5) is 11.5. The third kappa shape index (κ3) is 3.16. The highest BCUT2D eigenvalue weighted by Gasteiger charge is 2.13. The zero-order valence-electron chi connectivity index (χ0n) is 11.7. The largest absolute Gasteiger partial charge is 0.486 e. The first-order chi connectivity index (χ1) is 10.2. The van der Waals surface area contributed by atoms with Crippen LogP contribution in [0.4, 0.5) is 5.69 Å². The van der Waals surface area contributed by atoms with Gasteiger partial charge in [0.1, 0.15) is 12.4 Å². The van der Waals surface area contributed by atoms with Crippen LogP contribution in [-0.2, 0) is 17.8 Å². The van der Waals surface area contributed by atoms with Crippen LogP contribution in [0.5, 0.6) is 11.6 Å². The Kier molecular flexibility index (Phi) is 3.77. The number of methoxy groups -OCH3 is 1. The molecule has 0 saturated carbocycles. The van der Waals surface area contributed by atoms with E-state index in [0.29, 0.717) is 18.1 Å². The van der Waals surface area contributed by atoms with Crippen molar-refractivity contribution in [3.63, 3.8) is 0 Å². The maximum atomic E-state index is 11.5. The van der Waals surface area contributed by atoms with Gasteiger partial charge in [0.2, 0.25) is 5.91 Å². The highest BCUT2D eigenvalue weighted by atomic mass is 16.5. The fourth-order valence-corrected chi connectivity index (χ4v) is 2.25. The number of carbonyl (C=O) groups is 1. The van der Waals surface area contributed by atoms with E-state index in [1.54, 1.807) is 6.07 Å². The summed E-state index contributed by atoms with van der Waals surface area (Å²) in [6.07, 6.45) is 2.27. The predicted molar refractivity (Wildman–Crippen MR) is 75.4 cm³/mol. The Morgan fingerprint density at radius 3 is 3.05 bits per heavy atom. The molecular weight excluding hydrogens is 272 g/mol. The maximum absolute atomic E-state index is 11.5. The van der Waals surface area contributed by atoms with Gasteiger partial charge in [0.15, 0.2) is 5.76 Å². The van der Waals surface area contributed by atoms with Gasteiger partial charge in [0.05, 0.1) is 7.11 Å². The number of rotatable bonds is 4. The van der Waals surface area contributed by atoms with Gasteiger partial charge >= 0.3 is 0 Å². The fourth-order valence-electron chi connectivity index (χ4n) is 2.25. The minimum absolute atomic E-state index is 0.0659. The molecule has 0 saturated heterocycles. The van der Waals surface area contributed by atoms with Gasteiger partial charge < -0.3 is 19.3 Å². The number of hydrogen-bond donors (Lipinski definition) is 1. The number of anilines is 1. The fraction of sp³-hybridized carbons (Fsp3) is 0.333. The van der Waals surface area contributed by atoms with Crippen molar-refractivity contribution in [2.45, 2.75) is 25.9 Å². The zero-order valence-corrected chi connectivity index (χ0v) is 11.7. The lowest BCUT2D eigenvalue weighted by Gasteiger charge is -2.09. The number of aryl methyl sites for hydroxylation is 1. The molecule has 2 aromatic rings. The second-order valence-electron chi connectivity index (χ2n) is 4.84. The molecule has 0 fully saturated rings. The number of amides is 1. The highest BCUT2D eigenvalue weighted by Crippen LogP contribution is 2.27. The van der Waals surface area contributed by atoms with E-state index in [9.17, 15) is 4.79 Å². The number of aromatic nitrogens is 1. The second-order valence-corrected chi connectivity index (χ2v) is 4.84. The normalized spacial score (nSPS) is 14.0. The van der Waals surface area contributed by atoms with Crippen molar-refractivity contribution in [3.05, 3.63) is 35.6 Å². The number of hydrogen-bond acceptors (Lipinski definition) is 5. The van der Waals surface area contributed by atoms with Crippen LogP contribution in [0.3, 0.4) is 0 Å². The smallest absolute Gasteiger partial charge is 0.254 e. The van der Waals surface area contributed by atoms with E-state index in [1.165, 1.54) is 7.11 Å². The molecule has 1 aliphatic rings. The topological polar surface area (TPSA) is 73.6 Å². The molecule has 0 aliphatic carbocycles. The van der Waals surface area contributed by atoms with Crippen molar-refractivity contribution < 1.29 is 18.8 Å². The SMILES string of the molecule is COc1cc(COc2ccc3c(c2)CCCC(=O)N3)on1. The molecule has 0 spiro atoms. The summed E-state index contributed by atoms with van der Waals surface area (Å²) in [7, 11) is 1.53. The van der Waals surface area contributed by atoms with Crippen LogP contribution in [0.2, 0.25) is 0 Å². The second kappa shape index (κ2) is 5.87. The van der Waals surface area contributed by atoms with Crippen LogP contribution in [0.25, 0.3) is 0 Å². The Hall–Kier alpha value is -2.50. The average molecular weight is 288 g/mol. The Morgan fingerprint density at radius 1 is 1.33 bits per heavy atom. The van der Waals surface area contributed by atoms with Crippen molar-refractivity contribution in [1.82, 2.24) is 5.16 Å². The molecule has 0 bridgehead atoms. The van der Waals surface area contributed by atoms with Crippen molar-refractivity contribution in [2.75, 3.05) is 12.4 Å². The van der Waals surface area contributed by atoms with Crippen LogP contribution in [-0.4, -0.2) is 18.2 Å². The summed E-state index contributed by atoms with van der Waals surface area (Å²) in [5.74, 6) is 1.82. The van der Waals surface area contributed by atoms with E-state index in [-0.39, 0.29) is 12.5 Å². The molecule has 0 radical (unpaired) electrons. The maximum Gasteiger partial charge on any atom is 0.254 e. The minimum Gasteiger partial charge on any atom is -0.486 e. The molecule has 1 N–H and O–H groups in total. The van der Waals surface area contributed by atoms with Crippen molar-refractivity contribution in [3.8, 4) is 11.6 Å².